The summed E-state index contributed by atoms with van der Waals surface area (Å²) in [5, 5.41) is 0. The Kier molecular flexibility index (Phi) is 4.11. The number of nitrogens with one attached hydrogen (secondary N) is 2. The van der Waals surface area contributed by atoms with Crippen LogP contribution in [-0.4, -0.2) is 59.3 Å². The first kappa shape index (κ1) is 15.7. The molecule has 0 aliphatic carbocycles. The third-order valence-electron chi connectivity index (χ3n) is 4.58. The predicted octanol–water partition coefficient (Wildman–Crippen LogP) is 2.38. The van der Waals surface area contributed by atoms with E-state index in [1.807, 2.05) is 0 Å². The average molecular weight is 351 g/mol. The first-order chi connectivity index (χ1) is 11.6. The number of aromatic amines is 2. The van der Waals surface area contributed by atoms with Gasteiger partial charge in [-0.05, 0) is 37.2 Å². The number of halogens is 1. The average Bonchev–Trinajstić information content (AvgIpc) is 3.22. The molecule has 3 heterocycles. The lowest BCUT2D eigenvalue weighted by Crippen LogP contribution is -2.49. The molecule has 2 fully saturated rings. The van der Waals surface area contributed by atoms with E-state index in [0.29, 0.717) is 35.5 Å². The van der Waals surface area contributed by atoms with Gasteiger partial charge in [-0.25, -0.2) is 4.39 Å². The Hall–Kier alpha value is -1.77. The van der Waals surface area contributed by atoms with Gasteiger partial charge < -0.3 is 24.3 Å². The lowest BCUT2D eigenvalue weighted by Gasteiger charge is -2.35. The highest BCUT2D eigenvalue weighted by Crippen LogP contribution is 2.24. The van der Waals surface area contributed by atoms with Crippen LogP contribution in [0.4, 0.5) is 4.39 Å². The van der Waals surface area contributed by atoms with Crippen molar-refractivity contribution in [1.29, 1.82) is 0 Å². The zero-order valence-corrected chi connectivity index (χ0v) is 13.8. The van der Waals surface area contributed by atoms with Crippen molar-refractivity contribution in [1.82, 2.24) is 14.9 Å². The number of fused-ring (bicyclic) bond motifs is 1. The van der Waals surface area contributed by atoms with Crippen LogP contribution in [0.3, 0.4) is 0 Å². The van der Waals surface area contributed by atoms with Crippen molar-refractivity contribution >= 4 is 29.2 Å². The minimum Gasteiger partial charge on any atom is -0.375 e. The molecule has 0 unspecified atom stereocenters. The van der Waals surface area contributed by atoms with Gasteiger partial charge in [0.15, 0.2) is 4.77 Å². The molecule has 2 atom stereocenters. The molecule has 0 bridgehead atoms. The molecule has 128 valence electrons. The molecule has 0 spiro atoms. The van der Waals surface area contributed by atoms with E-state index in [1.165, 1.54) is 12.1 Å². The molecule has 2 aromatic rings. The molecule has 8 heteroatoms. The molecule has 2 aliphatic rings. The Bertz CT molecular complexity index is 828. The highest BCUT2D eigenvalue weighted by Gasteiger charge is 2.33. The highest BCUT2D eigenvalue weighted by molar-refractivity contribution is 7.71. The van der Waals surface area contributed by atoms with Crippen molar-refractivity contribution in [3.05, 3.63) is 28.3 Å². The summed E-state index contributed by atoms with van der Waals surface area (Å²) in [6, 6.07) is 2.58. The molecule has 2 aliphatic heterocycles. The van der Waals surface area contributed by atoms with E-state index >= 15 is 0 Å². The van der Waals surface area contributed by atoms with Crippen molar-refractivity contribution < 1.29 is 18.7 Å². The van der Waals surface area contributed by atoms with Gasteiger partial charge in [-0.2, -0.15) is 0 Å². The summed E-state index contributed by atoms with van der Waals surface area (Å²) in [5.41, 5.74) is 1.31. The fourth-order valence-corrected chi connectivity index (χ4v) is 3.64. The molecule has 4 rings (SSSR count). The highest BCUT2D eigenvalue weighted by atomic mass is 32.1. The fraction of sp³-hybridized carbons (Fsp3) is 0.500. The van der Waals surface area contributed by atoms with Crippen LogP contribution in [-0.2, 0) is 9.47 Å². The maximum Gasteiger partial charge on any atom is 0.256 e. The molecular weight excluding hydrogens is 333 g/mol. The molecule has 24 heavy (non-hydrogen) atoms. The van der Waals surface area contributed by atoms with Crippen molar-refractivity contribution in [3.8, 4) is 0 Å². The van der Waals surface area contributed by atoms with Crippen LogP contribution in [0.1, 0.15) is 23.2 Å². The van der Waals surface area contributed by atoms with Crippen LogP contribution in [0.25, 0.3) is 11.0 Å². The van der Waals surface area contributed by atoms with Gasteiger partial charge in [-0.3, -0.25) is 4.79 Å². The van der Waals surface area contributed by atoms with Gasteiger partial charge in [0.25, 0.3) is 5.91 Å². The number of carbonyl (C=O) groups excluding carboxylic acids is 1. The number of nitrogens with zero attached hydrogens (tertiary/aromatic N) is 1. The molecule has 0 radical (unpaired) electrons. The largest absolute Gasteiger partial charge is 0.375 e. The zero-order chi connectivity index (χ0) is 16.7. The summed E-state index contributed by atoms with van der Waals surface area (Å²) >= 11 is 5.06. The number of hydrogen-bond acceptors (Lipinski definition) is 4. The Balaban J connectivity index is 1.62. The minimum absolute atomic E-state index is 0.0335. The smallest absolute Gasteiger partial charge is 0.256 e. The van der Waals surface area contributed by atoms with E-state index in [-0.39, 0.29) is 23.7 Å². The molecule has 0 saturated carbocycles. The van der Waals surface area contributed by atoms with Crippen molar-refractivity contribution in [2.45, 2.75) is 25.0 Å². The third kappa shape index (κ3) is 2.85. The minimum atomic E-state index is -0.472. The molecule has 2 N–H and O–H groups in total. The summed E-state index contributed by atoms with van der Waals surface area (Å²) in [7, 11) is 0. The van der Waals surface area contributed by atoms with Gasteiger partial charge in [-0.15, -0.1) is 0 Å². The Labute approximate surface area is 142 Å². The molecule has 1 aromatic heterocycles. The molecule has 6 nitrogen and oxygen atoms in total. The van der Waals surface area contributed by atoms with E-state index < -0.39 is 5.82 Å². The van der Waals surface area contributed by atoms with E-state index in [1.54, 1.807) is 4.90 Å². The van der Waals surface area contributed by atoms with E-state index in [9.17, 15) is 9.18 Å². The van der Waals surface area contributed by atoms with Crippen LogP contribution in [0.2, 0.25) is 0 Å². The van der Waals surface area contributed by atoms with Crippen LogP contribution in [0.5, 0.6) is 0 Å². The zero-order valence-electron chi connectivity index (χ0n) is 13.0. The number of hydrogen-bond donors (Lipinski definition) is 2. The Morgan fingerprint density at radius 1 is 1.25 bits per heavy atom. The number of carbonyl (C=O) groups is 1. The third-order valence-corrected chi connectivity index (χ3v) is 4.78. The summed E-state index contributed by atoms with van der Waals surface area (Å²) in [4.78, 5) is 20.4. The SMILES string of the molecule is O=C(c1cc(F)cc2[nH]c(=S)[nH]c12)N1CCO[C@@H]([C@H]2CCCO2)C1. The summed E-state index contributed by atoms with van der Waals surface area (Å²) < 4.78 is 25.7. The summed E-state index contributed by atoms with van der Waals surface area (Å²) in [5.74, 6) is -0.698. The van der Waals surface area contributed by atoms with Crippen LogP contribution in [0.15, 0.2) is 12.1 Å². The maximum atomic E-state index is 13.9. The van der Waals surface area contributed by atoms with Gasteiger partial charge in [-0.1, -0.05) is 0 Å². The first-order valence-corrected chi connectivity index (χ1v) is 8.46. The van der Waals surface area contributed by atoms with Gasteiger partial charge in [0.05, 0.1) is 29.3 Å². The van der Waals surface area contributed by atoms with Gasteiger partial charge in [0.2, 0.25) is 0 Å². The molecule has 2 saturated heterocycles. The number of morpholine rings is 1. The number of imidazole rings is 1. The summed E-state index contributed by atoms with van der Waals surface area (Å²) in [6.07, 6.45) is 1.87. The van der Waals surface area contributed by atoms with Crippen molar-refractivity contribution in [3.63, 3.8) is 0 Å². The number of rotatable bonds is 2. The molecular formula is C16H18FN3O3S. The first-order valence-electron chi connectivity index (χ1n) is 8.06. The van der Waals surface area contributed by atoms with Crippen molar-refractivity contribution in [2.75, 3.05) is 26.3 Å². The van der Waals surface area contributed by atoms with Crippen LogP contribution in [0, 0.1) is 10.6 Å². The second-order valence-electron chi connectivity index (χ2n) is 6.17. The van der Waals surface area contributed by atoms with E-state index in [2.05, 4.69) is 9.97 Å². The molecule has 1 amide bonds. The van der Waals surface area contributed by atoms with Gasteiger partial charge >= 0.3 is 0 Å². The molecule has 1 aromatic carbocycles. The van der Waals surface area contributed by atoms with Crippen molar-refractivity contribution in [2.24, 2.45) is 0 Å². The van der Waals surface area contributed by atoms with Crippen LogP contribution < -0.4 is 0 Å². The second-order valence-corrected chi connectivity index (χ2v) is 6.58. The fourth-order valence-electron chi connectivity index (χ4n) is 3.43. The standard InChI is InChI=1S/C16H18FN3O3S/c17-9-6-10(14-11(7-9)18-16(24)19-14)15(21)20-3-5-23-13(8-20)12-2-1-4-22-12/h6-7,12-13H,1-5,8H2,(H2,18,19,24)/t12-,13-/m1/s1. The second kappa shape index (κ2) is 6.27. The van der Waals surface area contributed by atoms with Crippen LogP contribution >= 0.6 is 12.2 Å². The lowest BCUT2D eigenvalue weighted by atomic mass is 10.1. The lowest BCUT2D eigenvalue weighted by molar-refractivity contribution is -0.0867. The number of aromatic nitrogens is 2. The normalized spacial score (nSPS) is 24.6. The topological polar surface area (TPSA) is 70.4 Å². The van der Waals surface area contributed by atoms with Gasteiger partial charge in [0, 0.05) is 19.7 Å². The monoisotopic (exact) mass is 351 g/mol. The van der Waals surface area contributed by atoms with E-state index in [0.717, 1.165) is 19.4 Å². The Morgan fingerprint density at radius 2 is 2.08 bits per heavy atom. The number of amides is 1. The Morgan fingerprint density at radius 3 is 2.88 bits per heavy atom. The predicted molar refractivity (Wildman–Crippen MR) is 88.1 cm³/mol. The maximum absolute atomic E-state index is 13.9. The van der Waals surface area contributed by atoms with Gasteiger partial charge in [0.1, 0.15) is 11.9 Å². The number of H-pyrrole nitrogens is 2. The number of benzene rings is 1. The quantitative estimate of drug-likeness (QED) is 0.815. The summed E-state index contributed by atoms with van der Waals surface area (Å²) in [6.45, 7) is 2.12. The number of ether oxygens (including phenoxy) is 2. The van der Waals surface area contributed by atoms with E-state index in [4.69, 9.17) is 21.7 Å².